The van der Waals surface area contributed by atoms with Crippen molar-refractivity contribution in [2.24, 2.45) is 5.73 Å². The Bertz CT molecular complexity index is 669. The van der Waals surface area contributed by atoms with Crippen LogP contribution in [-0.4, -0.2) is 49.8 Å². The molecule has 1 saturated heterocycles. The lowest BCUT2D eigenvalue weighted by molar-refractivity contribution is -0.135. The molecule has 2 atom stereocenters. The van der Waals surface area contributed by atoms with E-state index in [4.69, 9.17) is 15.2 Å². The Morgan fingerprint density at radius 1 is 1.00 bits per heavy atom. The summed E-state index contributed by atoms with van der Waals surface area (Å²) in [6.45, 7) is 2.08. The second-order valence-electron chi connectivity index (χ2n) is 6.19. The van der Waals surface area contributed by atoms with Crippen LogP contribution in [0.5, 0.6) is 5.75 Å². The molecule has 0 spiro atoms. The van der Waals surface area contributed by atoms with Gasteiger partial charge < -0.3 is 20.1 Å². The van der Waals surface area contributed by atoms with Crippen LogP contribution in [-0.2, 0) is 9.53 Å². The number of nitrogens with zero attached hydrogens (tertiary/aromatic N) is 1. The highest BCUT2D eigenvalue weighted by atomic mass is 35.5. The van der Waals surface area contributed by atoms with Crippen LogP contribution >= 0.6 is 12.4 Å². The van der Waals surface area contributed by atoms with Gasteiger partial charge in [-0.3, -0.25) is 4.79 Å². The number of likely N-dealkylation sites (tertiary alicyclic amines) is 1. The van der Waals surface area contributed by atoms with Crippen LogP contribution in [0, 0.1) is 0 Å². The molecule has 0 aliphatic carbocycles. The van der Waals surface area contributed by atoms with Crippen LogP contribution in [0.15, 0.2) is 60.7 Å². The largest absolute Gasteiger partial charge is 0.491 e. The van der Waals surface area contributed by atoms with Gasteiger partial charge in [0, 0.05) is 25.0 Å². The molecule has 1 heterocycles. The fourth-order valence-electron chi connectivity index (χ4n) is 3.07. The lowest BCUT2D eigenvalue weighted by Gasteiger charge is -2.16. The number of hydrogen-bond donors (Lipinski definition) is 1. The van der Waals surface area contributed by atoms with Gasteiger partial charge in [0.05, 0.1) is 6.61 Å². The summed E-state index contributed by atoms with van der Waals surface area (Å²) >= 11 is 0. The van der Waals surface area contributed by atoms with Crippen molar-refractivity contribution >= 4 is 18.3 Å². The maximum absolute atomic E-state index is 12.3. The number of halogens is 1. The molecular formula is C20H25ClN2O3. The summed E-state index contributed by atoms with van der Waals surface area (Å²) < 4.78 is 11.0. The zero-order valence-electron chi connectivity index (χ0n) is 14.6. The minimum Gasteiger partial charge on any atom is -0.491 e. The Morgan fingerprint density at radius 3 is 2.35 bits per heavy atom. The van der Waals surface area contributed by atoms with Crippen molar-refractivity contribution < 1.29 is 14.3 Å². The molecule has 3 rings (SSSR count). The van der Waals surface area contributed by atoms with Crippen LogP contribution in [0.2, 0.25) is 0 Å². The van der Waals surface area contributed by atoms with Crippen molar-refractivity contribution in [3.8, 4) is 5.75 Å². The van der Waals surface area contributed by atoms with Crippen LogP contribution in [0.25, 0.3) is 0 Å². The van der Waals surface area contributed by atoms with E-state index >= 15 is 0 Å². The number of carbonyl (C=O) groups excluding carboxylic acids is 1. The average molecular weight is 377 g/mol. The van der Waals surface area contributed by atoms with Gasteiger partial charge in [-0.15, -0.1) is 12.4 Å². The molecule has 0 aromatic heterocycles. The second kappa shape index (κ2) is 10.2. The summed E-state index contributed by atoms with van der Waals surface area (Å²) in [5.41, 5.74) is 7.41. The first-order valence-electron chi connectivity index (χ1n) is 8.58. The highest BCUT2D eigenvalue weighted by Crippen LogP contribution is 2.26. The summed E-state index contributed by atoms with van der Waals surface area (Å²) in [4.78, 5) is 14.1. The van der Waals surface area contributed by atoms with Gasteiger partial charge >= 0.3 is 0 Å². The summed E-state index contributed by atoms with van der Waals surface area (Å²) in [6.07, 6.45) is 0. The van der Waals surface area contributed by atoms with Crippen molar-refractivity contribution in [2.45, 2.75) is 12.0 Å². The van der Waals surface area contributed by atoms with Gasteiger partial charge in [-0.2, -0.15) is 0 Å². The van der Waals surface area contributed by atoms with Crippen molar-refractivity contribution in [1.29, 1.82) is 0 Å². The van der Waals surface area contributed by atoms with Crippen molar-refractivity contribution in [3.63, 3.8) is 0 Å². The molecule has 6 heteroatoms. The Kier molecular flexibility index (Phi) is 7.91. The summed E-state index contributed by atoms with van der Waals surface area (Å²) in [5.74, 6) is 0.966. The van der Waals surface area contributed by atoms with Gasteiger partial charge in [-0.1, -0.05) is 48.5 Å². The van der Waals surface area contributed by atoms with E-state index in [2.05, 4.69) is 12.1 Å². The molecule has 0 saturated carbocycles. The second-order valence-corrected chi connectivity index (χ2v) is 6.19. The number of amides is 1. The molecule has 26 heavy (non-hydrogen) atoms. The monoisotopic (exact) mass is 376 g/mol. The average Bonchev–Trinajstić information content (AvgIpc) is 3.05. The number of para-hydroxylation sites is 1. The number of hydrogen-bond acceptors (Lipinski definition) is 4. The molecule has 0 unspecified atom stereocenters. The normalized spacial score (nSPS) is 19.0. The van der Waals surface area contributed by atoms with Gasteiger partial charge in [0.2, 0.25) is 5.91 Å². The predicted octanol–water partition coefficient (Wildman–Crippen LogP) is 2.46. The molecular weight excluding hydrogens is 352 g/mol. The van der Waals surface area contributed by atoms with E-state index in [1.807, 2.05) is 48.5 Å². The van der Waals surface area contributed by atoms with E-state index in [-0.39, 0.29) is 36.9 Å². The van der Waals surface area contributed by atoms with E-state index in [9.17, 15) is 4.79 Å². The Labute approximate surface area is 160 Å². The van der Waals surface area contributed by atoms with Gasteiger partial charge in [-0.05, 0) is 17.7 Å². The number of ether oxygens (including phenoxy) is 2. The third-order valence-corrected chi connectivity index (χ3v) is 4.41. The molecule has 2 aromatic rings. The summed E-state index contributed by atoms with van der Waals surface area (Å²) in [7, 11) is 0. The minimum absolute atomic E-state index is 0. The molecule has 0 radical (unpaired) electrons. The van der Waals surface area contributed by atoms with Crippen molar-refractivity contribution in [2.75, 3.05) is 32.9 Å². The molecule has 1 fully saturated rings. The van der Waals surface area contributed by atoms with Crippen LogP contribution in [0.1, 0.15) is 11.5 Å². The molecule has 140 valence electrons. The lowest BCUT2D eigenvalue weighted by atomic mass is 9.95. The van der Waals surface area contributed by atoms with E-state index < -0.39 is 0 Å². The first kappa shape index (κ1) is 20.2. The number of nitrogens with two attached hydrogens (primary N) is 1. The maximum Gasteiger partial charge on any atom is 0.248 e. The van der Waals surface area contributed by atoms with E-state index in [0.29, 0.717) is 26.3 Å². The van der Waals surface area contributed by atoms with E-state index in [1.54, 1.807) is 4.90 Å². The van der Waals surface area contributed by atoms with Crippen LogP contribution in [0.3, 0.4) is 0 Å². The summed E-state index contributed by atoms with van der Waals surface area (Å²) in [5, 5.41) is 0. The van der Waals surface area contributed by atoms with E-state index in [0.717, 1.165) is 5.75 Å². The van der Waals surface area contributed by atoms with Crippen LogP contribution in [0.4, 0.5) is 0 Å². The predicted molar refractivity (Wildman–Crippen MR) is 104 cm³/mol. The lowest BCUT2D eigenvalue weighted by Crippen LogP contribution is -2.34. The molecule has 2 N–H and O–H groups in total. The fourth-order valence-corrected chi connectivity index (χ4v) is 3.07. The maximum atomic E-state index is 12.3. The van der Waals surface area contributed by atoms with Gasteiger partial charge in [0.1, 0.15) is 19.0 Å². The minimum atomic E-state index is -0.0345. The number of benzene rings is 2. The Balaban J connectivity index is 0.00000243. The van der Waals surface area contributed by atoms with Gasteiger partial charge in [0.25, 0.3) is 0 Å². The third-order valence-electron chi connectivity index (χ3n) is 4.41. The Morgan fingerprint density at radius 2 is 1.65 bits per heavy atom. The molecule has 1 amide bonds. The van der Waals surface area contributed by atoms with Crippen molar-refractivity contribution in [3.05, 3.63) is 66.2 Å². The summed E-state index contributed by atoms with van der Waals surface area (Å²) in [6, 6.07) is 19.6. The zero-order chi connectivity index (χ0) is 17.5. The zero-order valence-corrected chi connectivity index (χ0v) is 15.4. The first-order chi connectivity index (χ1) is 12.2. The van der Waals surface area contributed by atoms with E-state index in [1.165, 1.54) is 5.56 Å². The molecule has 0 bridgehead atoms. The molecule has 1 aliphatic rings. The highest BCUT2D eigenvalue weighted by molar-refractivity contribution is 5.85. The number of rotatable bonds is 7. The molecule has 1 aliphatic heterocycles. The van der Waals surface area contributed by atoms with Crippen molar-refractivity contribution in [1.82, 2.24) is 4.90 Å². The fraction of sp³-hybridized carbons (Fsp3) is 0.350. The van der Waals surface area contributed by atoms with Crippen LogP contribution < -0.4 is 10.5 Å². The smallest absolute Gasteiger partial charge is 0.248 e. The highest BCUT2D eigenvalue weighted by Gasteiger charge is 2.33. The quantitative estimate of drug-likeness (QED) is 0.754. The SMILES string of the molecule is Cl.N[C@@H]1CN(C(=O)COCCOc2ccccc2)C[C@H]1c1ccccc1. The molecule has 5 nitrogen and oxygen atoms in total. The molecule has 2 aromatic carbocycles. The topological polar surface area (TPSA) is 64.8 Å². The van der Waals surface area contributed by atoms with Gasteiger partial charge in [0.15, 0.2) is 0 Å². The van der Waals surface area contributed by atoms with Gasteiger partial charge in [-0.25, -0.2) is 0 Å². The third kappa shape index (κ3) is 5.46. The Hall–Kier alpha value is -2.08. The number of carbonyl (C=O) groups is 1. The first-order valence-corrected chi connectivity index (χ1v) is 8.58. The standard InChI is InChI=1S/C20H24N2O3.ClH/c21-19-14-22(13-18(19)16-7-3-1-4-8-16)20(23)15-24-11-12-25-17-9-5-2-6-10-17;/h1-10,18-19H,11-15,21H2;1H/t18-,19+;/m0./s1.